The van der Waals surface area contributed by atoms with E-state index in [2.05, 4.69) is 0 Å². The van der Waals surface area contributed by atoms with Crippen LogP contribution in [0.4, 0.5) is 0 Å². The van der Waals surface area contributed by atoms with Gasteiger partial charge in [0.2, 0.25) is 0 Å². The number of carboxylic acids is 1. The number of methoxy groups -OCH3 is 2. The van der Waals surface area contributed by atoms with Gasteiger partial charge < -0.3 is 14.6 Å². The summed E-state index contributed by atoms with van der Waals surface area (Å²) < 4.78 is 10.6. The van der Waals surface area contributed by atoms with Gasteiger partial charge in [-0.2, -0.15) is 0 Å². The van der Waals surface area contributed by atoms with Crippen LogP contribution in [0.1, 0.15) is 30.4 Å². The van der Waals surface area contributed by atoms with Gasteiger partial charge in [0.25, 0.3) is 0 Å². The van der Waals surface area contributed by atoms with Crippen LogP contribution in [0, 0.1) is 6.92 Å². The zero-order chi connectivity index (χ0) is 14.2. The summed E-state index contributed by atoms with van der Waals surface area (Å²) in [6.45, 7) is 1.82. The molecule has 0 amide bonds. The highest BCUT2D eigenvalue weighted by Gasteiger charge is 2.48. The highest BCUT2D eigenvalue weighted by molar-refractivity contribution is 6.32. The average molecular weight is 285 g/mol. The monoisotopic (exact) mass is 284 g/mol. The van der Waals surface area contributed by atoms with Gasteiger partial charge in [0, 0.05) is 11.1 Å². The molecule has 0 atom stereocenters. The molecule has 0 saturated heterocycles. The van der Waals surface area contributed by atoms with Crippen LogP contribution >= 0.6 is 11.6 Å². The number of carboxylic acid groups (broad SMARTS) is 1. The summed E-state index contributed by atoms with van der Waals surface area (Å²) in [6, 6.07) is 1.67. The van der Waals surface area contributed by atoms with Crippen LogP contribution in [-0.2, 0) is 10.2 Å². The van der Waals surface area contributed by atoms with E-state index in [-0.39, 0.29) is 0 Å². The predicted molar refractivity (Wildman–Crippen MR) is 72.5 cm³/mol. The molecule has 1 fully saturated rings. The van der Waals surface area contributed by atoms with Crippen molar-refractivity contribution >= 4 is 17.6 Å². The van der Waals surface area contributed by atoms with Crippen LogP contribution in [-0.4, -0.2) is 25.3 Å². The van der Waals surface area contributed by atoms with Crippen molar-refractivity contribution in [3.8, 4) is 11.5 Å². The Balaban J connectivity index is 2.67. The SMILES string of the molecule is COc1c(Cl)cc(C2(C(=O)O)CCC2)c(OC)c1C. The first-order chi connectivity index (χ1) is 8.97. The molecule has 0 heterocycles. The second-order valence-corrected chi connectivity index (χ2v) is 5.25. The summed E-state index contributed by atoms with van der Waals surface area (Å²) in [7, 11) is 3.07. The van der Waals surface area contributed by atoms with Crippen molar-refractivity contribution in [3.05, 3.63) is 22.2 Å². The summed E-state index contributed by atoms with van der Waals surface area (Å²) >= 11 is 6.18. The lowest BCUT2D eigenvalue weighted by Gasteiger charge is -2.39. The fourth-order valence-electron chi connectivity index (χ4n) is 2.74. The molecule has 0 aromatic heterocycles. The Kier molecular flexibility index (Phi) is 3.63. The van der Waals surface area contributed by atoms with Gasteiger partial charge >= 0.3 is 5.97 Å². The third-order valence-electron chi connectivity index (χ3n) is 3.95. The number of ether oxygens (including phenoxy) is 2. The number of carbonyl (C=O) groups is 1. The van der Waals surface area contributed by atoms with Gasteiger partial charge in [-0.3, -0.25) is 4.79 Å². The lowest BCUT2D eigenvalue weighted by Crippen LogP contribution is -2.42. The molecule has 0 unspecified atom stereocenters. The molecule has 0 radical (unpaired) electrons. The van der Waals surface area contributed by atoms with Crippen molar-refractivity contribution in [2.75, 3.05) is 14.2 Å². The molecule has 1 aromatic rings. The maximum atomic E-state index is 11.6. The first-order valence-electron chi connectivity index (χ1n) is 6.13. The van der Waals surface area contributed by atoms with Crippen molar-refractivity contribution < 1.29 is 19.4 Å². The highest BCUT2D eigenvalue weighted by atomic mass is 35.5. The van der Waals surface area contributed by atoms with Crippen LogP contribution in [0.5, 0.6) is 11.5 Å². The molecule has 5 heteroatoms. The number of aliphatic carboxylic acids is 1. The van der Waals surface area contributed by atoms with Crippen molar-refractivity contribution in [1.29, 1.82) is 0 Å². The number of halogens is 1. The van der Waals surface area contributed by atoms with E-state index in [1.165, 1.54) is 14.2 Å². The standard InChI is InChI=1S/C14H17ClO4/c1-8-11(18-2)9(7-10(15)12(8)19-3)14(13(16)17)5-4-6-14/h7H,4-6H2,1-3H3,(H,16,17). The van der Waals surface area contributed by atoms with E-state index < -0.39 is 11.4 Å². The Morgan fingerprint density at radius 1 is 1.32 bits per heavy atom. The second-order valence-electron chi connectivity index (χ2n) is 4.84. The summed E-state index contributed by atoms with van der Waals surface area (Å²) in [5, 5.41) is 9.96. The lowest BCUT2D eigenvalue weighted by molar-refractivity contribution is -0.147. The fourth-order valence-corrected chi connectivity index (χ4v) is 3.07. The summed E-state index contributed by atoms with van der Waals surface area (Å²) in [4.78, 5) is 11.6. The molecule has 4 nitrogen and oxygen atoms in total. The Labute approximate surface area is 117 Å². The van der Waals surface area contributed by atoms with Crippen LogP contribution < -0.4 is 9.47 Å². The molecular formula is C14H17ClO4. The number of benzene rings is 1. The maximum Gasteiger partial charge on any atom is 0.314 e. The van der Waals surface area contributed by atoms with E-state index in [4.69, 9.17) is 21.1 Å². The zero-order valence-electron chi connectivity index (χ0n) is 11.2. The van der Waals surface area contributed by atoms with Gasteiger partial charge in [0.1, 0.15) is 11.5 Å². The minimum absolute atomic E-state index is 0.420. The zero-order valence-corrected chi connectivity index (χ0v) is 12.0. The highest BCUT2D eigenvalue weighted by Crippen LogP contribution is 2.51. The molecule has 104 valence electrons. The largest absolute Gasteiger partial charge is 0.496 e. The molecule has 0 aliphatic heterocycles. The van der Waals surface area contributed by atoms with Crippen molar-refractivity contribution in [1.82, 2.24) is 0 Å². The van der Waals surface area contributed by atoms with E-state index in [1.807, 2.05) is 6.92 Å². The molecule has 19 heavy (non-hydrogen) atoms. The van der Waals surface area contributed by atoms with Gasteiger partial charge in [0.05, 0.1) is 24.7 Å². The molecule has 1 saturated carbocycles. The second kappa shape index (κ2) is 4.93. The minimum atomic E-state index is -0.869. The van der Waals surface area contributed by atoms with Gasteiger partial charge in [-0.05, 0) is 25.8 Å². The molecule has 1 N–H and O–H groups in total. The Morgan fingerprint density at radius 2 is 1.89 bits per heavy atom. The first kappa shape index (κ1) is 14.0. The fraction of sp³-hybridized carbons (Fsp3) is 0.500. The normalized spacial score (nSPS) is 16.6. The first-order valence-corrected chi connectivity index (χ1v) is 6.50. The smallest absolute Gasteiger partial charge is 0.314 e. The molecule has 1 aliphatic rings. The molecule has 0 bridgehead atoms. The van der Waals surface area contributed by atoms with Gasteiger partial charge in [0.15, 0.2) is 0 Å². The van der Waals surface area contributed by atoms with Gasteiger partial charge in [-0.15, -0.1) is 0 Å². The minimum Gasteiger partial charge on any atom is -0.496 e. The van der Waals surface area contributed by atoms with Crippen molar-refractivity contribution in [2.24, 2.45) is 0 Å². The van der Waals surface area contributed by atoms with Crippen molar-refractivity contribution in [2.45, 2.75) is 31.6 Å². The van der Waals surface area contributed by atoms with E-state index in [1.54, 1.807) is 6.07 Å². The molecular weight excluding hydrogens is 268 g/mol. The van der Waals surface area contributed by atoms with Gasteiger partial charge in [-0.1, -0.05) is 18.0 Å². The third-order valence-corrected chi connectivity index (χ3v) is 4.23. The molecule has 2 rings (SSSR count). The lowest BCUT2D eigenvalue weighted by atomic mass is 9.64. The van der Waals surface area contributed by atoms with E-state index >= 15 is 0 Å². The Bertz CT molecular complexity index is 521. The van der Waals surface area contributed by atoms with Gasteiger partial charge in [-0.25, -0.2) is 0 Å². The average Bonchev–Trinajstić information content (AvgIpc) is 2.27. The Morgan fingerprint density at radius 3 is 2.26 bits per heavy atom. The molecule has 1 aliphatic carbocycles. The van der Waals surface area contributed by atoms with E-state index in [0.717, 1.165) is 12.0 Å². The Hall–Kier alpha value is -1.42. The topological polar surface area (TPSA) is 55.8 Å². The number of rotatable bonds is 4. The summed E-state index contributed by atoms with van der Waals surface area (Å²) in [5.41, 5.74) is 0.517. The van der Waals surface area contributed by atoms with Crippen LogP contribution in [0.2, 0.25) is 5.02 Å². The van der Waals surface area contributed by atoms with E-state index in [0.29, 0.717) is 34.9 Å². The third kappa shape index (κ3) is 1.94. The summed E-state index contributed by atoms with van der Waals surface area (Å²) in [6.07, 6.45) is 2.12. The maximum absolute atomic E-state index is 11.6. The number of hydrogen-bond donors (Lipinski definition) is 1. The van der Waals surface area contributed by atoms with Crippen molar-refractivity contribution in [3.63, 3.8) is 0 Å². The molecule has 1 aromatic carbocycles. The summed E-state index contributed by atoms with van der Waals surface area (Å²) in [5.74, 6) is 0.267. The predicted octanol–water partition coefficient (Wildman–Crippen LogP) is 3.17. The van der Waals surface area contributed by atoms with Crippen LogP contribution in [0.3, 0.4) is 0 Å². The quantitative estimate of drug-likeness (QED) is 0.923. The molecule has 0 spiro atoms. The number of hydrogen-bond acceptors (Lipinski definition) is 3. The van der Waals surface area contributed by atoms with Crippen LogP contribution in [0.15, 0.2) is 6.07 Å². The van der Waals surface area contributed by atoms with Crippen LogP contribution in [0.25, 0.3) is 0 Å². The van der Waals surface area contributed by atoms with E-state index in [9.17, 15) is 9.90 Å².